The maximum Gasteiger partial charge on any atom is 0.187 e. The van der Waals surface area contributed by atoms with Crippen molar-refractivity contribution in [1.82, 2.24) is 0 Å². The van der Waals surface area contributed by atoms with Gasteiger partial charge in [0.1, 0.15) is 91.6 Å². The van der Waals surface area contributed by atoms with E-state index in [-0.39, 0.29) is 41.3 Å². The van der Waals surface area contributed by atoms with Gasteiger partial charge < -0.3 is 114 Å². The fraction of sp³-hybridized carbons (Fsp3) is 0.961. The van der Waals surface area contributed by atoms with Crippen molar-refractivity contribution in [2.75, 3.05) is 26.4 Å². The lowest BCUT2D eigenvalue weighted by Crippen LogP contribution is -2.67. The zero-order valence-corrected chi connectivity index (χ0v) is 42.9. The van der Waals surface area contributed by atoms with Crippen LogP contribution in [-0.4, -0.2) is 239 Å². The summed E-state index contributed by atoms with van der Waals surface area (Å²) in [5, 5.41) is 149. The van der Waals surface area contributed by atoms with Crippen LogP contribution in [-0.2, 0) is 42.6 Å². The monoisotopic (exact) mass is 1060 g/mol. The summed E-state index contributed by atoms with van der Waals surface area (Å²) >= 11 is 0. The van der Waals surface area contributed by atoms with Gasteiger partial charge in [-0.15, -0.1) is 0 Å². The Kier molecular flexibility index (Phi) is 17.4. The summed E-state index contributed by atoms with van der Waals surface area (Å²) in [6.07, 6.45) is -22.5. The van der Waals surface area contributed by atoms with Crippen LogP contribution in [0.15, 0.2) is 11.6 Å². The van der Waals surface area contributed by atoms with Gasteiger partial charge in [-0.1, -0.05) is 39.3 Å². The zero-order chi connectivity index (χ0) is 53.5. The zero-order valence-electron chi connectivity index (χ0n) is 42.9. The van der Waals surface area contributed by atoms with Crippen LogP contribution in [0.5, 0.6) is 0 Å². The van der Waals surface area contributed by atoms with Crippen molar-refractivity contribution in [3.8, 4) is 0 Å². The number of hydrogen-bond donors (Lipinski definition) is 14. The molecule has 3 saturated carbocycles. The molecule has 8 fully saturated rings. The van der Waals surface area contributed by atoms with Gasteiger partial charge in [-0.05, 0) is 98.7 Å². The molecule has 9 rings (SSSR count). The summed E-state index contributed by atoms with van der Waals surface area (Å²) in [4.78, 5) is 0. The molecule has 0 unspecified atom stereocenters. The summed E-state index contributed by atoms with van der Waals surface area (Å²) in [5.74, 6) is -0.351. The third-order valence-corrected chi connectivity index (χ3v) is 19.5. The standard InChI is InChI=1S/C51H84O23/c1-20(19-66-45-40(62)38(60)34(56)29(16-52)69-45)8-13-51(65)21(2)32-28(74-51)15-27-25-7-6-23-14-24(9-11-49(23,4)26(25)10-12-50(27,32)5)68-48-44(73-46-41(63)37(59)33(55)22(3)67-46)43(36(58)31(18-54)71-48)72-47-42(64)39(61)35(57)30(17-53)70-47/h6,20-22,24-48,52-65H,7-19H2,1-5H3/t20-,21+,22+,24+,25-,26+,27+,28+,29-,30-,31-,32+,33+,34-,35-,36-,37+,38+,39+,40-,41-,42-,43+,44-,45-,46+,47+,48+,49+,50+,51-/m1/s1. The molecule has 426 valence electrons. The molecule has 74 heavy (non-hydrogen) atoms. The molecule has 0 aromatic heterocycles. The fourth-order valence-corrected chi connectivity index (χ4v) is 15.0. The van der Waals surface area contributed by atoms with E-state index in [9.17, 15) is 71.5 Å². The van der Waals surface area contributed by atoms with Crippen molar-refractivity contribution >= 4 is 0 Å². The summed E-state index contributed by atoms with van der Waals surface area (Å²) in [6, 6.07) is 0. The highest BCUT2D eigenvalue weighted by molar-refractivity contribution is 5.26. The van der Waals surface area contributed by atoms with Gasteiger partial charge in [0.2, 0.25) is 0 Å². The largest absolute Gasteiger partial charge is 0.394 e. The molecule has 5 aliphatic heterocycles. The first-order chi connectivity index (χ1) is 35.0. The first-order valence-corrected chi connectivity index (χ1v) is 26.9. The lowest BCUT2D eigenvalue weighted by atomic mass is 9.47. The minimum absolute atomic E-state index is 0.0769. The second-order valence-electron chi connectivity index (χ2n) is 23.8. The maximum absolute atomic E-state index is 12.1. The number of rotatable bonds is 15. The molecule has 0 aromatic rings. The number of aliphatic hydroxyl groups is 14. The molecule has 0 bridgehead atoms. The van der Waals surface area contributed by atoms with E-state index < -0.39 is 155 Å². The molecular formula is C51H84O23. The second-order valence-corrected chi connectivity index (χ2v) is 23.8. The van der Waals surface area contributed by atoms with Crippen LogP contribution >= 0.6 is 0 Å². The molecule has 0 amide bonds. The Labute approximate surface area is 430 Å². The smallest absolute Gasteiger partial charge is 0.187 e. The molecule has 4 aliphatic carbocycles. The Morgan fingerprint density at radius 1 is 0.635 bits per heavy atom. The van der Waals surface area contributed by atoms with Gasteiger partial charge in [-0.2, -0.15) is 0 Å². The Balaban J connectivity index is 0.864. The Morgan fingerprint density at radius 2 is 1.20 bits per heavy atom. The first-order valence-electron chi connectivity index (χ1n) is 26.9. The molecular weight excluding hydrogens is 981 g/mol. The predicted octanol–water partition coefficient (Wildman–Crippen LogP) is -3.01. The van der Waals surface area contributed by atoms with Crippen LogP contribution in [0, 0.1) is 46.3 Å². The third kappa shape index (κ3) is 10.2. The van der Waals surface area contributed by atoms with Crippen molar-refractivity contribution in [3.63, 3.8) is 0 Å². The second kappa shape index (κ2) is 22.4. The lowest BCUT2D eigenvalue weighted by molar-refractivity contribution is -0.394. The maximum atomic E-state index is 12.1. The highest BCUT2D eigenvalue weighted by Crippen LogP contribution is 2.70. The number of aliphatic hydroxyl groups excluding tert-OH is 13. The van der Waals surface area contributed by atoms with Crippen molar-refractivity contribution in [2.24, 2.45) is 46.3 Å². The highest BCUT2D eigenvalue weighted by Gasteiger charge is 2.68. The van der Waals surface area contributed by atoms with Gasteiger partial charge >= 0.3 is 0 Å². The number of fused-ring (bicyclic) bond motifs is 7. The molecule has 5 saturated heterocycles. The average molecular weight is 1070 g/mol. The SMILES string of the molecule is C[C@H](CC[C@@]1(O)O[C@H]2C[C@H]3[C@@H]4CC=C5C[C@@H](O[C@H]6O[C@H](CO)[C@@H](O)[C@H](O[C@@H]7O[C@H](CO)[C@@H](O)[C@H](O)[C@H]7O)[C@H]6O[C@@H]6O[C@@H](C)[C@H](O)[C@H](O)[C@H]6O)CC[C@]5(C)[C@H]4CC[C@]3(C)[C@H]2[C@@H]1C)CO[C@@H]1O[C@H](CO)[C@@H](O)[C@H](O)[C@H]1O. The molecule has 5 heterocycles. The number of hydrogen-bond acceptors (Lipinski definition) is 23. The molecule has 31 atom stereocenters. The molecule has 23 heteroatoms. The van der Waals surface area contributed by atoms with Crippen molar-refractivity contribution in [1.29, 1.82) is 0 Å². The summed E-state index contributed by atoms with van der Waals surface area (Å²) in [6.45, 7) is 8.33. The van der Waals surface area contributed by atoms with Gasteiger partial charge in [-0.25, -0.2) is 0 Å². The van der Waals surface area contributed by atoms with E-state index >= 15 is 0 Å². The van der Waals surface area contributed by atoms with Gasteiger partial charge in [-0.3, -0.25) is 0 Å². The quantitative estimate of drug-likeness (QED) is 0.0727. The van der Waals surface area contributed by atoms with E-state index in [0.717, 1.165) is 32.1 Å². The van der Waals surface area contributed by atoms with Crippen LogP contribution in [0.4, 0.5) is 0 Å². The summed E-state index contributed by atoms with van der Waals surface area (Å²) < 4.78 is 54.7. The molecule has 23 nitrogen and oxygen atoms in total. The third-order valence-electron chi connectivity index (χ3n) is 19.5. The van der Waals surface area contributed by atoms with Crippen molar-refractivity contribution < 1.29 is 114 Å². The van der Waals surface area contributed by atoms with Gasteiger partial charge in [0.05, 0.1) is 44.7 Å². The Bertz CT molecular complexity index is 1920. The summed E-state index contributed by atoms with van der Waals surface area (Å²) in [7, 11) is 0. The minimum atomic E-state index is -1.88. The van der Waals surface area contributed by atoms with Crippen molar-refractivity contribution in [3.05, 3.63) is 11.6 Å². The normalized spacial score (nSPS) is 54.9. The van der Waals surface area contributed by atoms with Crippen molar-refractivity contribution in [2.45, 2.75) is 233 Å². The van der Waals surface area contributed by atoms with Crippen LogP contribution in [0.25, 0.3) is 0 Å². The summed E-state index contributed by atoms with van der Waals surface area (Å²) in [5.41, 5.74) is 0.989. The van der Waals surface area contributed by atoms with Crippen LogP contribution in [0.2, 0.25) is 0 Å². The van der Waals surface area contributed by atoms with Crippen LogP contribution in [0.1, 0.15) is 92.4 Å². The lowest BCUT2D eigenvalue weighted by Gasteiger charge is -2.58. The molecule has 0 aromatic carbocycles. The minimum Gasteiger partial charge on any atom is -0.394 e. The van der Waals surface area contributed by atoms with Crippen LogP contribution < -0.4 is 0 Å². The van der Waals surface area contributed by atoms with Gasteiger partial charge in [0.15, 0.2) is 30.9 Å². The molecule has 14 N–H and O–H groups in total. The highest BCUT2D eigenvalue weighted by atomic mass is 16.8. The van der Waals surface area contributed by atoms with Gasteiger partial charge in [0, 0.05) is 12.3 Å². The van der Waals surface area contributed by atoms with E-state index in [1.165, 1.54) is 12.5 Å². The van der Waals surface area contributed by atoms with E-state index in [0.29, 0.717) is 43.4 Å². The topological polar surface area (TPSA) is 366 Å². The molecule has 9 aliphatic rings. The van der Waals surface area contributed by atoms with E-state index in [1.54, 1.807) is 0 Å². The number of ether oxygens (including phenoxy) is 9. The van der Waals surface area contributed by atoms with E-state index in [4.69, 9.17) is 42.6 Å². The van der Waals surface area contributed by atoms with E-state index in [2.05, 4.69) is 26.8 Å². The fourth-order valence-electron chi connectivity index (χ4n) is 15.0. The molecule has 0 radical (unpaired) electrons. The first kappa shape index (κ1) is 57.5. The average Bonchev–Trinajstić information content (AvgIpc) is 3.82. The van der Waals surface area contributed by atoms with Crippen LogP contribution in [0.3, 0.4) is 0 Å². The number of allylic oxidation sites excluding steroid dienone is 1. The van der Waals surface area contributed by atoms with Gasteiger partial charge in [0.25, 0.3) is 0 Å². The molecule has 0 spiro atoms. The Morgan fingerprint density at radius 3 is 1.85 bits per heavy atom. The van der Waals surface area contributed by atoms with E-state index in [1.807, 2.05) is 6.92 Å². The predicted molar refractivity (Wildman–Crippen MR) is 250 cm³/mol. The Hall–Kier alpha value is -1.18.